The Kier molecular flexibility index (Phi) is 6.15. The summed E-state index contributed by atoms with van der Waals surface area (Å²) in [6.07, 6.45) is -1.08. The van der Waals surface area contributed by atoms with Crippen LogP contribution in [0.1, 0.15) is 42.7 Å². The summed E-state index contributed by atoms with van der Waals surface area (Å²) in [5, 5.41) is 9.89. The molecule has 0 aromatic heterocycles. The van der Waals surface area contributed by atoms with Crippen molar-refractivity contribution in [2.75, 3.05) is 0 Å². The van der Waals surface area contributed by atoms with Crippen LogP contribution in [0.3, 0.4) is 0 Å². The number of fused-ring (bicyclic) bond motifs is 3. The highest BCUT2D eigenvalue weighted by Gasteiger charge is 2.29. The first-order valence-corrected chi connectivity index (χ1v) is 10.2. The van der Waals surface area contributed by atoms with Crippen molar-refractivity contribution in [3.63, 3.8) is 0 Å². The van der Waals surface area contributed by atoms with Gasteiger partial charge in [-0.3, -0.25) is 14.4 Å². The lowest BCUT2D eigenvalue weighted by molar-refractivity contribution is 0.0747. The van der Waals surface area contributed by atoms with E-state index in [0.717, 1.165) is 11.1 Å². The quantitative estimate of drug-likeness (QED) is 0.359. The van der Waals surface area contributed by atoms with Crippen LogP contribution in [0.2, 0.25) is 0 Å². The number of carbonyl (C=O) groups is 3. The van der Waals surface area contributed by atoms with E-state index in [1.807, 2.05) is 36.4 Å². The lowest BCUT2D eigenvalue weighted by Gasteiger charge is -2.16. The van der Waals surface area contributed by atoms with Gasteiger partial charge < -0.3 is 5.11 Å². The number of aliphatic hydroxyl groups excluding tert-OH is 1. The molecule has 0 amide bonds. The number of aliphatic hydroxyl groups is 1. The highest BCUT2D eigenvalue weighted by molar-refractivity contribution is 6.52. The predicted octanol–water partition coefficient (Wildman–Crippen LogP) is 5.34. The van der Waals surface area contributed by atoms with Gasteiger partial charge >= 0.3 is 0 Å². The van der Waals surface area contributed by atoms with E-state index in [1.165, 1.54) is 0 Å². The van der Waals surface area contributed by atoms with Gasteiger partial charge in [-0.05, 0) is 16.7 Å². The van der Waals surface area contributed by atoms with Gasteiger partial charge in [-0.2, -0.15) is 0 Å². The Labute approximate surface area is 185 Å². The number of ketones is 3. The second-order valence-corrected chi connectivity index (χ2v) is 7.29. The van der Waals surface area contributed by atoms with Crippen molar-refractivity contribution in [1.29, 1.82) is 0 Å². The topological polar surface area (TPSA) is 71.4 Å². The lowest BCUT2D eigenvalue weighted by atomic mass is 9.84. The third-order valence-electron chi connectivity index (χ3n) is 5.26. The maximum absolute atomic E-state index is 11.9. The smallest absolute Gasteiger partial charge is 0.234 e. The summed E-state index contributed by atoms with van der Waals surface area (Å²) in [5.74, 6) is -1.09. The van der Waals surface area contributed by atoms with Crippen LogP contribution in [-0.2, 0) is 0 Å². The molecule has 32 heavy (non-hydrogen) atoms. The first kappa shape index (κ1) is 21.1. The summed E-state index contributed by atoms with van der Waals surface area (Å²) in [6.45, 7) is 0. The number of hydrogen-bond acceptors (Lipinski definition) is 4. The average molecular weight is 420 g/mol. The average Bonchev–Trinajstić information content (AvgIpc) is 2.88. The summed E-state index contributed by atoms with van der Waals surface area (Å²) in [4.78, 5) is 35.6. The van der Waals surface area contributed by atoms with Gasteiger partial charge in [-0.15, -0.1) is 0 Å². The third kappa shape index (κ3) is 4.17. The molecular formula is C28H20O4. The Morgan fingerprint density at radius 3 is 1.38 bits per heavy atom. The molecule has 1 unspecified atom stereocenters. The monoisotopic (exact) mass is 420 g/mol. The van der Waals surface area contributed by atoms with Gasteiger partial charge in [0.1, 0.15) is 6.10 Å². The molecule has 4 aromatic rings. The maximum atomic E-state index is 11.9. The van der Waals surface area contributed by atoms with E-state index in [4.69, 9.17) is 0 Å². The van der Waals surface area contributed by atoms with Crippen molar-refractivity contribution in [3.8, 4) is 11.1 Å². The molecule has 0 saturated carbocycles. The number of rotatable bonds is 3. The molecule has 4 aromatic carbocycles. The fourth-order valence-electron chi connectivity index (χ4n) is 3.62. The molecule has 1 aliphatic rings. The van der Waals surface area contributed by atoms with Crippen LogP contribution in [0, 0.1) is 0 Å². The summed E-state index contributed by atoms with van der Waals surface area (Å²) in [6, 6.07) is 32.2. The first-order chi connectivity index (χ1) is 15.6. The van der Waals surface area contributed by atoms with Crippen molar-refractivity contribution in [1.82, 2.24) is 0 Å². The maximum Gasteiger partial charge on any atom is 0.234 e. The highest BCUT2D eigenvalue weighted by Crippen LogP contribution is 2.32. The molecule has 4 heteroatoms. The van der Waals surface area contributed by atoms with E-state index < -0.39 is 17.7 Å². The van der Waals surface area contributed by atoms with E-state index in [0.29, 0.717) is 22.3 Å². The first-order valence-electron chi connectivity index (χ1n) is 10.2. The van der Waals surface area contributed by atoms with Gasteiger partial charge in [0.25, 0.3) is 0 Å². The van der Waals surface area contributed by atoms with E-state index in [2.05, 4.69) is 0 Å². The fourth-order valence-corrected chi connectivity index (χ4v) is 3.62. The fraction of sp³-hybridized carbons (Fsp3) is 0.0357. The van der Waals surface area contributed by atoms with Crippen molar-refractivity contribution in [2.24, 2.45) is 0 Å². The second-order valence-electron chi connectivity index (χ2n) is 7.29. The number of Topliss-reactive ketones (excluding diaryl/α,β-unsaturated/α-hetero) is 3. The van der Waals surface area contributed by atoms with Gasteiger partial charge in [-0.1, -0.05) is 109 Å². The zero-order valence-corrected chi connectivity index (χ0v) is 17.1. The van der Waals surface area contributed by atoms with Crippen LogP contribution in [0.15, 0.2) is 109 Å². The Balaban J connectivity index is 0.000000153. The zero-order chi connectivity index (χ0) is 22.5. The Hall–Kier alpha value is -4.15. The number of benzene rings is 4. The molecule has 0 radical (unpaired) electrons. The molecule has 4 nitrogen and oxygen atoms in total. The van der Waals surface area contributed by atoms with Crippen LogP contribution in [0.5, 0.6) is 0 Å². The lowest BCUT2D eigenvalue weighted by Crippen LogP contribution is -2.20. The van der Waals surface area contributed by atoms with Crippen molar-refractivity contribution in [3.05, 3.63) is 131 Å². The van der Waals surface area contributed by atoms with Gasteiger partial charge in [-0.25, -0.2) is 0 Å². The Morgan fingerprint density at radius 2 is 0.906 bits per heavy atom. The van der Waals surface area contributed by atoms with Crippen LogP contribution in [0.4, 0.5) is 0 Å². The minimum Gasteiger partial charge on any atom is -0.380 e. The van der Waals surface area contributed by atoms with Crippen molar-refractivity contribution < 1.29 is 19.5 Å². The molecule has 0 bridgehead atoms. The van der Waals surface area contributed by atoms with E-state index in [-0.39, 0.29) is 5.78 Å². The highest BCUT2D eigenvalue weighted by atomic mass is 16.3. The van der Waals surface area contributed by atoms with Crippen LogP contribution < -0.4 is 0 Å². The van der Waals surface area contributed by atoms with Crippen LogP contribution in [0.25, 0.3) is 11.1 Å². The summed E-state index contributed by atoms with van der Waals surface area (Å²) in [5.41, 5.74) is 3.86. The summed E-state index contributed by atoms with van der Waals surface area (Å²) in [7, 11) is 0. The predicted molar refractivity (Wildman–Crippen MR) is 123 cm³/mol. The molecule has 1 atom stereocenters. The normalized spacial score (nSPS) is 12.7. The van der Waals surface area contributed by atoms with Gasteiger partial charge in [0, 0.05) is 16.7 Å². The van der Waals surface area contributed by atoms with Crippen LogP contribution in [-0.4, -0.2) is 22.5 Å². The Bertz CT molecular complexity index is 1220. The van der Waals surface area contributed by atoms with Gasteiger partial charge in [0.15, 0.2) is 5.78 Å². The molecule has 156 valence electrons. The molecule has 0 spiro atoms. The molecule has 0 fully saturated rings. The minimum absolute atomic E-state index is 0.271. The number of carbonyl (C=O) groups excluding carboxylic acids is 3. The molecule has 1 N–H and O–H groups in total. The molecular weight excluding hydrogens is 400 g/mol. The molecule has 5 rings (SSSR count). The largest absolute Gasteiger partial charge is 0.380 e. The van der Waals surface area contributed by atoms with E-state index >= 15 is 0 Å². The minimum atomic E-state index is -1.08. The van der Waals surface area contributed by atoms with E-state index in [9.17, 15) is 19.5 Å². The summed E-state index contributed by atoms with van der Waals surface area (Å²) < 4.78 is 0. The summed E-state index contributed by atoms with van der Waals surface area (Å²) >= 11 is 0. The van der Waals surface area contributed by atoms with Gasteiger partial charge in [0.05, 0.1) is 0 Å². The standard InChI is InChI=1S/C14H8O2.C14H12O2/c15-13-11-7-3-1-5-9(11)10-6-2-4-8-12(10)14(13)16;15-13(11-7-3-1-4-8-11)14(16)12-9-5-2-6-10-12/h1-8H;1-10,13,15H. The molecule has 0 aliphatic heterocycles. The number of hydrogen-bond donors (Lipinski definition) is 1. The van der Waals surface area contributed by atoms with Crippen molar-refractivity contribution >= 4 is 17.3 Å². The van der Waals surface area contributed by atoms with Crippen molar-refractivity contribution in [2.45, 2.75) is 6.10 Å². The third-order valence-corrected chi connectivity index (χ3v) is 5.26. The molecule has 0 saturated heterocycles. The van der Waals surface area contributed by atoms with Crippen LogP contribution >= 0.6 is 0 Å². The van der Waals surface area contributed by atoms with E-state index in [1.54, 1.807) is 72.8 Å². The van der Waals surface area contributed by atoms with Gasteiger partial charge in [0.2, 0.25) is 11.6 Å². The molecule has 1 aliphatic carbocycles. The SMILES string of the molecule is O=C(c1ccccc1)C(O)c1ccccc1.O=C1C(=O)c2ccccc2-c2ccccc21. The second kappa shape index (κ2) is 9.33. The molecule has 0 heterocycles. The zero-order valence-electron chi connectivity index (χ0n) is 17.1. The Morgan fingerprint density at radius 1 is 0.531 bits per heavy atom.